The molecule has 0 N–H and O–H groups in total. The summed E-state index contributed by atoms with van der Waals surface area (Å²) in [7, 11) is 0. The third-order valence-corrected chi connectivity index (χ3v) is 26.6. The Hall–Kier alpha value is 0.640. The molecule has 2 unspecified atom stereocenters. The number of hydrogen-bond donors (Lipinski definition) is 0. The molecule has 0 spiro atoms. The van der Waals surface area contributed by atoms with Gasteiger partial charge in [-0.15, -0.1) is 24.8 Å². The number of rotatable bonds is 3. The van der Waals surface area contributed by atoms with E-state index >= 15 is 0 Å². The molecule has 0 aromatic heterocycles. The van der Waals surface area contributed by atoms with E-state index in [0.717, 1.165) is 11.8 Å². The van der Waals surface area contributed by atoms with E-state index < -0.39 is 26.8 Å². The van der Waals surface area contributed by atoms with Crippen LogP contribution in [-0.2, 0) is 20.9 Å². The second kappa shape index (κ2) is 9.03. The number of allylic oxidation sites excluding steroid dienone is 8. The Morgan fingerprint density at radius 1 is 0.625 bits per heavy atom. The first kappa shape index (κ1) is 24.6. The molecule has 0 bridgehead atoms. The Labute approximate surface area is 171 Å². The van der Waals surface area contributed by atoms with Crippen molar-refractivity contribution >= 4 is 30.7 Å². The summed E-state index contributed by atoms with van der Waals surface area (Å²) in [4.78, 5) is 0. The smallest absolute Gasteiger partial charge is 0.147 e. The van der Waals surface area contributed by atoms with Gasteiger partial charge in [0.05, 0.1) is 0 Å². The maximum Gasteiger partial charge on any atom is -0.147 e. The van der Waals surface area contributed by atoms with Gasteiger partial charge in [-0.05, 0) is 0 Å². The minimum absolute atomic E-state index is 0. The Bertz CT molecular complexity index is 586. The molecule has 0 saturated carbocycles. The third kappa shape index (κ3) is 3.83. The molecule has 0 aromatic carbocycles. The van der Waals surface area contributed by atoms with E-state index in [2.05, 4.69) is 68.5 Å². The van der Waals surface area contributed by atoms with Gasteiger partial charge < -0.3 is 0 Å². The van der Waals surface area contributed by atoms with E-state index in [1.807, 2.05) is 6.56 Å². The van der Waals surface area contributed by atoms with Gasteiger partial charge in [0.1, 0.15) is 0 Å². The second-order valence-electron chi connectivity index (χ2n) is 7.71. The van der Waals surface area contributed by atoms with E-state index in [1.54, 1.807) is 33.4 Å². The summed E-state index contributed by atoms with van der Waals surface area (Å²) in [5.41, 5.74) is 9.84. The van der Waals surface area contributed by atoms with E-state index in [9.17, 15) is 0 Å². The molecule has 24 heavy (non-hydrogen) atoms. The summed E-state index contributed by atoms with van der Waals surface area (Å²) in [5, 5.41) is 0. The van der Waals surface area contributed by atoms with Crippen LogP contribution in [0.4, 0.5) is 0 Å². The Morgan fingerprint density at radius 3 is 1.08 bits per heavy atom. The average molecular weight is 466 g/mol. The summed E-state index contributed by atoms with van der Waals surface area (Å²) < 4.78 is 3.89. The van der Waals surface area contributed by atoms with Gasteiger partial charge in [-0.1, -0.05) is 0 Å². The summed E-state index contributed by atoms with van der Waals surface area (Å²) in [6, 6.07) is 0. The van der Waals surface area contributed by atoms with Gasteiger partial charge in [0.25, 0.3) is 0 Å². The summed E-state index contributed by atoms with van der Waals surface area (Å²) in [6.07, 6.45) is 0. The third-order valence-electron chi connectivity index (χ3n) is 6.44. The average Bonchev–Trinajstić information content (AvgIpc) is 2.76. The van der Waals surface area contributed by atoms with Gasteiger partial charge in [0.15, 0.2) is 0 Å². The molecule has 0 fully saturated rings. The zero-order chi connectivity index (χ0) is 16.9. The van der Waals surface area contributed by atoms with Crippen molar-refractivity contribution in [2.75, 3.05) is 0 Å². The second-order valence-corrected chi connectivity index (χ2v) is 26.6. The van der Waals surface area contributed by atoms with Crippen LogP contribution in [0.5, 0.6) is 0 Å². The fourth-order valence-electron chi connectivity index (χ4n) is 4.37. The fraction of sp³-hybridized carbons (Fsp3) is 0.600. The van der Waals surface area contributed by atoms with Crippen LogP contribution < -0.4 is 0 Å². The number of hydrogen-bond acceptors (Lipinski definition) is 0. The molecule has 2 aliphatic rings. The largest absolute Gasteiger partial charge is 0.147 e. The first-order valence-electron chi connectivity index (χ1n) is 8.75. The molecule has 0 nitrogen and oxygen atoms in total. The maximum atomic E-state index is 2.63. The molecule has 0 amide bonds. The molecule has 2 aliphatic carbocycles. The summed E-state index contributed by atoms with van der Waals surface area (Å²) in [5.74, 6) is 0.814. The monoisotopic (exact) mass is 463 g/mol. The topological polar surface area (TPSA) is 0 Å². The van der Waals surface area contributed by atoms with Gasteiger partial charge in [0.2, 0.25) is 0 Å². The van der Waals surface area contributed by atoms with Crippen LogP contribution in [0.1, 0.15) is 55.4 Å². The molecule has 2 rings (SSSR count). The van der Waals surface area contributed by atoms with Crippen LogP contribution in [0, 0.1) is 11.8 Å². The quantitative estimate of drug-likeness (QED) is 0.396. The van der Waals surface area contributed by atoms with E-state index in [0.29, 0.717) is 0 Å². The Kier molecular flexibility index (Phi) is 9.27. The van der Waals surface area contributed by atoms with Crippen LogP contribution in [0.3, 0.4) is 0 Å². The van der Waals surface area contributed by atoms with Gasteiger partial charge in [0, 0.05) is 0 Å². The van der Waals surface area contributed by atoms with E-state index in [1.165, 1.54) is 0 Å². The van der Waals surface area contributed by atoms with Gasteiger partial charge in [-0.3, -0.25) is 0 Å². The van der Waals surface area contributed by atoms with Crippen molar-refractivity contribution in [3.05, 3.63) is 40.0 Å². The van der Waals surface area contributed by atoms with Gasteiger partial charge in [-0.25, -0.2) is 0 Å². The Morgan fingerprint density at radius 2 is 0.917 bits per heavy atom. The molecule has 0 aliphatic heterocycles. The molecule has 0 heterocycles. The van der Waals surface area contributed by atoms with Crippen LogP contribution in [-0.4, -0.2) is 5.92 Å². The van der Waals surface area contributed by atoms with E-state index in [-0.39, 0.29) is 24.8 Å². The minimum atomic E-state index is -1.69. The van der Waals surface area contributed by atoms with Gasteiger partial charge >= 0.3 is 147 Å². The van der Waals surface area contributed by atoms with Crippen molar-refractivity contribution in [3.63, 3.8) is 0 Å². The fourth-order valence-corrected chi connectivity index (χ4v) is 27.3. The molecule has 2 atom stereocenters. The molecule has 4 heteroatoms. The first-order chi connectivity index (χ1) is 10.1. The molecule has 0 saturated heterocycles. The first-order valence-corrected chi connectivity index (χ1v) is 18.4. The predicted octanol–water partition coefficient (Wildman–Crippen LogP) is 6.95. The molecule has 0 radical (unpaired) electrons. The number of halogens is 2. The van der Waals surface area contributed by atoms with Crippen LogP contribution in [0.15, 0.2) is 40.0 Å². The van der Waals surface area contributed by atoms with Crippen molar-refractivity contribution in [3.8, 4) is 0 Å². The molecule has 137 valence electrons. The predicted molar refractivity (Wildman–Crippen MR) is 114 cm³/mol. The van der Waals surface area contributed by atoms with Crippen molar-refractivity contribution < 1.29 is 20.9 Å². The SMILES string of the molecule is CC1=C(C)C(C)[C]([Zr]([C]2=C(C)C(C)=C(C)C2C)[SiH](C)C)=C1C.Cl.Cl. The van der Waals surface area contributed by atoms with Crippen molar-refractivity contribution in [2.45, 2.75) is 68.5 Å². The van der Waals surface area contributed by atoms with Crippen molar-refractivity contribution in [2.24, 2.45) is 11.8 Å². The normalized spacial score (nSPS) is 24.1. The summed E-state index contributed by atoms with van der Waals surface area (Å²) >= 11 is -1.69. The Balaban J connectivity index is 0.00000264. The maximum absolute atomic E-state index is 2.63. The van der Waals surface area contributed by atoms with Crippen LogP contribution in [0.2, 0.25) is 13.1 Å². The van der Waals surface area contributed by atoms with Crippen LogP contribution >= 0.6 is 24.8 Å². The minimum Gasteiger partial charge on any atom is -0.147 e. The zero-order valence-corrected chi connectivity index (χ0v) is 22.3. The zero-order valence-electron chi connectivity index (χ0n) is 17.0. The van der Waals surface area contributed by atoms with E-state index in [4.69, 9.17) is 0 Å². The van der Waals surface area contributed by atoms with Crippen LogP contribution in [0.25, 0.3) is 0 Å². The molecule has 0 aromatic rings. The molecular formula is C20H35Cl2SiZr. The standard InChI is InChI=1S/2C9H13.C2H7Si.2ClH.Zr/c2*1-6-5-7(2)9(4)8(6)3;1-3-2;;;/h2*6H,1-4H3;3H,1-2H3;2*1H;. The van der Waals surface area contributed by atoms with Gasteiger partial charge in [-0.2, -0.15) is 0 Å². The summed E-state index contributed by atoms with van der Waals surface area (Å²) in [6.45, 7) is 24.5. The van der Waals surface area contributed by atoms with Crippen molar-refractivity contribution in [1.29, 1.82) is 0 Å². The molecular weight excluding hydrogens is 430 g/mol. The van der Waals surface area contributed by atoms with Crippen molar-refractivity contribution in [1.82, 2.24) is 0 Å².